The summed E-state index contributed by atoms with van der Waals surface area (Å²) in [4.78, 5) is 19.1. The number of carboxylic acid groups (broad SMARTS) is 1. The van der Waals surface area contributed by atoms with E-state index in [1.165, 1.54) is 12.1 Å². The minimum atomic E-state index is -1.00. The van der Waals surface area contributed by atoms with E-state index in [1.54, 1.807) is 24.1 Å². The Balaban J connectivity index is 1.80. The molecule has 1 aromatic carbocycles. The first-order valence-electron chi connectivity index (χ1n) is 5.84. The van der Waals surface area contributed by atoms with Crippen molar-refractivity contribution in [1.29, 1.82) is 0 Å². The number of nitrogens with one attached hydrogen (secondary N) is 1. The van der Waals surface area contributed by atoms with Gasteiger partial charge in [-0.05, 0) is 18.2 Å². The molecule has 8 nitrogen and oxygen atoms in total. The average Bonchev–Trinajstić information content (AvgIpc) is 3.00. The second-order valence-corrected chi connectivity index (χ2v) is 4.19. The van der Waals surface area contributed by atoms with Crippen LogP contribution in [0, 0.1) is 0 Å². The van der Waals surface area contributed by atoms with Crippen molar-refractivity contribution in [2.45, 2.75) is 6.54 Å². The van der Waals surface area contributed by atoms with Gasteiger partial charge in [0, 0.05) is 7.05 Å². The summed E-state index contributed by atoms with van der Waals surface area (Å²) in [6.45, 7) is 0.374. The van der Waals surface area contributed by atoms with Gasteiger partial charge in [0.1, 0.15) is 11.8 Å². The molecule has 3 rings (SSSR count). The van der Waals surface area contributed by atoms with Crippen LogP contribution in [-0.4, -0.2) is 30.8 Å². The van der Waals surface area contributed by atoms with Crippen LogP contribution in [0.2, 0.25) is 0 Å². The van der Waals surface area contributed by atoms with Crippen LogP contribution in [0.25, 0.3) is 11.1 Å². The maximum atomic E-state index is 10.9. The fourth-order valence-corrected chi connectivity index (χ4v) is 1.75. The molecule has 2 heterocycles. The molecule has 0 fully saturated rings. The van der Waals surface area contributed by atoms with E-state index in [0.29, 0.717) is 29.5 Å². The molecule has 0 saturated heterocycles. The van der Waals surface area contributed by atoms with E-state index in [-0.39, 0.29) is 5.56 Å². The largest absolute Gasteiger partial charge is 0.478 e. The first-order chi connectivity index (χ1) is 9.61. The highest BCUT2D eigenvalue weighted by Crippen LogP contribution is 2.20. The highest BCUT2D eigenvalue weighted by molar-refractivity contribution is 5.92. The minimum Gasteiger partial charge on any atom is -0.478 e. The molecular formula is C12H11N5O3. The zero-order chi connectivity index (χ0) is 14.1. The van der Waals surface area contributed by atoms with E-state index in [2.05, 4.69) is 20.4 Å². The third kappa shape index (κ3) is 2.30. The molecule has 0 amide bonds. The Kier molecular flexibility index (Phi) is 2.82. The molecule has 0 aliphatic rings. The molecule has 0 aliphatic heterocycles. The predicted octanol–water partition coefficient (Wildman–Crippen LogP) is 1.27. The number of aromatic carboxylic acids is 1. The second-order valence-electron chi connectivity index (χ2n) is 4.19. The first-order valence-corrected chi connectivity index (χ1v) is 5.84. The number of oxazole rings is 1. The van der Waals surface area contributed by atoms with Crippen molar-refractivity contribution >= 4 is 23.1 Å². The van der Waals surface area contributed by atoms with Crippen molar-refractivity contribution < 1.29 is 14.3 Å². The molecule has 102 valence electrons. The molecule has 0 radical (unpaired) electrons. The maximum Gasteiger partial charge on any atom is 0.335 e. The van der Waals surface area contributed by atoms with E-state index in [0.717, 1.165) is 0 Å². The van der Waals surface area contributed by atoms with Gasteiger partial charge in [0.25, 0.3) is 6.01 Å². The summed E-state index contributed by atoms with van der Waals surface area (Å²) >= 11 is 0. The van der Waals surface area contributed by atoms with E-state index < -0.39 is 5.97 Å². The lowest BCUT2D eigenvalue weighted by molar-refractivity contribution is 0.0697. The number of fused-ring (bicyclic) bond motifs is 1. The zero-order valence-corrected chi connectivity index (χ0v) is 10.6. The van der Waals surface area contributed by atoms with Gasteiger partial charge >= 0.3 is 5.97 Å². The molecule has 0 unspecified atom stereocenters. The molecule has 0 atom stereocenters. The lowest BCUT2D eigenvalue weighted by atomic mass is 10.2. The third-order valence-corrected chi connectivity index (χ3v) is 2.68. The summed E-state index contributed by atoms with van der Waals surface area (Å²) in [5.41, 5.74) is 1.17. The van der Waals surface area contributed by atoms with E-state index in [4.69, 9.17) is 9.52 Å². The van der Waals surface area contributed by atoms with E-state index in [9.17, 15) is 4.79 Å². The molecule has 0 spiro atoms. The van der Waals surface area contributed by atoms with Crippen molar-refractivity contribution in [2.24, 2.45) is 7.05 Å². The van der Waals surface area contributed by atoms with Gasteiger partial charge in [0.2, 0.25) is 0 Å². The number of hydrogen-bond acceptors (Lipinski definition) is 6. The number of aromatic nitrogens is 4. The lowest BCUT2D eigenvalue weighted by Crippen LogP contribution is -2.02. The van der Waals surface area contributed by atoms with Crippen LogP contribution in [0.5, 0.6) is 0 Å². The monoisotopic (exact) mass is 273 g/mol. The molecule has 0 aliphatic carbocycles. The quantitative estimate of drug-likeness (QED) is 0.737. The van der Waals surface area contributed by atoms with Crippen molar-refractivity contribution in [3.05, 3.63) is 35.9 Å². The van der Waals surface area contributed by atoms with Crippen LogP contribution in [0.15, 0.2) is 28.9 Å². The van der Waals surface area contributed by atoms with Gasteiger partial charge in [-0.15, -0.1) is 0 Å². The molecular weight excluding hydrogens is 262 g/mol. The highest BCUT2D eigenvalue weighted by Gasteiger charge is 2.10. The van der Waals surface area contributed by atoms with Crippen LogP contribution in [0.1, 0.15) is 16.2 Å². The van der Waals surface area contributed by atoms with Gasteiger partial charge in [-0.2, -0.15) is 10.1 Å². The number of benzene rings is 1. The average molecular weight is 273 g/mol. The van der Waals surface area contributed by atoms with Crippen molar-refractivity contribution in [3.63, 3.8) is 0 Å². The summed E-state index contributed by atoms with van der Waals surface area (Å²) in [6, 6.07) is 4.83. The summed E-state index contributed by atoms with van der Waals surface area (Å²) in [5.74, 6) is -0.392. The Labute approximate surface area is 113 Å². The standard InChI is InChI=1S/C12H11N5O3/c1-17-6-14-10(16-17)5-13-12-15-8-3-2-7(11(18)19)4-9(8)20-12/h2-4,6H,5H2,1H3,(H,13,15)(H,18,19). The van der Waals surface area contributed by atoms with Gasteiger partial charge in [-0.25, -0.2) is 9.78 Å². The maximum absolute atomic E-state index is 10.9. The topological polar surface area (TPSA) is 106 Å². The van der Waals surface area contributed by atoms with Gasteiger partial charge in [0.05, 0.1) is 12.1 Å². The Bertz CT molecular complexity index is 776. The molecule has 8 heteroatoms. The van der Waals surface area contributed by atoms with Crippen molar-refractivity contribution in [2.75, 3.05) is 5.32 Å². The summed E-state index contributed by atoms with van der Waals surface area (Å²) in [5, 5.41) is 16.0. The fraction of sp³-hybridized carbons (Fsp3) is 0.167. The normalized spacial score (nSPS) is 10.8. The van der Waals surface area contributed by atoms with E-state index in [1.807, 2.05) is 0 Å². The van der Waals surface area contributed by atoms with Gasteiger partial charge in [-0.3, -0.25) is 4.68 Å². The Morgan fingerprint density at radius 1 is 1.50 bits per heavy atom. The zero-order valence-electron chi connectivity index (χ0n) is 10.6. The Morgan fingerprint density at radius 3 is 3.05 bits per heavy atom. The van der Waals surface area contributed by atoms with Crippen LogP contribution in [0.4, 0.5) is 6.01 Å². The number of carbonyl (C=O) groups is 1. The molecule has 2 N–H and O–H groups in total. The van der Waals surface area contributed by atoms with Gasteiger partial charge in [-0.1, -0.05) is 0 Å². The predicted molar refractivity (Wildman–Crippen MR) is 69.3 cm³/mol. The Hall–Kier alpha value is -2.90. The third-order valence-electron chi connectivity index (χ3n) is 2.68. The number of aryl methyl sites for hydroxylation is 1. The van der Waals surface area contributed by atoms with Gasteiger partial charge in [0.15, 0.2) is 11.4 Å². The summed E-state index contributed by atoms with van der Waals surface area (Å²) < 4.78 is 7.04. The second kappa shape index (κ2) is 4.65. The summed E-state index contributed by atoms with van der Waals surface area (Å²) in [6.07, 6.45) is 1.60. The first kappa shape index (κ1) is 12.2. The van der Waals surface area contributed by atoms with Crippen molar-refractivity contribution in [3.8, 4) is 0 Å². The van der Waals surface area contributed by atoms with Crippen LogP contribution < -0.4 is 5.32 Å². The molecule has 0 saturated carbocycles. The van der Waals surface area contributed by atoms with Crippen LogP contribution in [-0.2, 0) is 13.6 Å². The van der Waals surface area contributed by atoms with Crippen LogP contribution in [0.3, 0.4) is 0 Å². The number of rotatable bonds is 4. The van der Waals surface area contributed by atoms with Gasteiger partial charge < -0.3 is 14.8 Å². The number of nitrogens with zero attached hydrogens (tertiary/aromatic N) is 4. The molecule has 2 aromatic heterocycles. The smallest absolute Gasteiger partial charge is 0.335 e. The lowest BCUT2D eigenvalue weighted by Gasteiger charge is -1.95. The van der Waals surface area contributed by atoms with Crippen LogP contribution >= 0.6 is 0 Å². The molecule has 3 aromatic rings. The fourth-order valence-electron chi connectivity index (χ4n) is 1.75. The minimum absolute atomic E-state index is 0.159. The Morgan fingerprint density at radius 2 is 2.35 bits per heavy atom. The summed E-state index contributed by atoms with van der Waals surface area (Å²) in [7, 11) is 1.78. The number of carboxylic acids is 1. The number of anilines is 1. The van der Waals surface area contributed by atoms with Crippen molar-refractivity contribution in [1.82, 2.24) is 19.7 Å². The van der Waals surface area contributed by atoms with E-state index >= 15 is 0 Å². The molecule has 20 heavy (non-hydrogen) atoms. The SMILES string of the molecule is Cn1cnc(CNc2nc3ccc(C(=O)O)cc3o2)n1. The molecule has 0 bridgehead atoms. The number of hydrogen-bond donors (Lipinski definition) is 2. The highest BCUT2D eigenvalue weighted by atomic mass is 16.4.